The minimum atomic E-state index is -0.902. The SMILES string of the molecule is CCCC1CCCN(c2ccc(C(=O)O)c(C)n2)CC1. The average Bonchev–Trinajstić information content (AvgIpc) is 2.64. The van der Waals surface area contributed by atoms with Gasteiger partial charge in [-0.05, 0) is 44.2 Å². The molecule has 1 saturated heterocycles. The second-order valence-corrected chi connectivity index (χ2v) is 5.68. The van der Waals surface area contributed by atoms with Crippen LogP contribution in [0.4, 0.5) is 5.82 Å². The molecule has 0 bridgehead atoms. The van der Waals surface area contributed by atoms with Crippen LogP contribution in [0.1, 0.15) is 55.1 Å². The molecule has 1 aliphatic heterocycles. The zero-order valence-corrected chi connectivity index (χ0v) is 12.4. The van der Waals surface area contributed by atoms with Crippen LogP contribution in [0.2, 0.25) is 0 Å². The first-order valence-corrected chi connectivity index (χ1v) is 7.57. The topological polar surface area (TPSA) is 53.4 Å². The van der Waals surface area contributed by atoms with E-state index in [2.05, 4.69) is 16.8 Å². The number of hydrogen-bond donors (Lipinski definition) is 1. The highest BCUT2D eigenvalue weighted by atomic mass is 16.4. The summed E-state index contributed by atoms with van der Waals surface area (Å²) in [6.07, 6.45) is 6.30. The third-order valence-corrected chi connectivity index (χ3v) is 4.17. The predicted octanol–water partition coefficient (Wildman–Crippen LogP) is 3.49. The Hall–Kier alpha value is -1.58. The normalized spacial score (nSPS) is 19.7. The van der Waals surface area contributed by atoms with Gasteiger partial charge in [0.2, 0.25) is 0 Å². The molecular formula is C16H24N2O2. The summed E-state index contributed by atoms with van der Waals surface area (Å²) < 4.78 is 0. The fraction of sp³-hybridized carbons (Fsp3) is 0.625. The number of carboxylic acids is 1. The van der Waals surface area contributed by atoms with E-state index in [1.165, 1.54) is 32.1 Å². The van der Waals surface area contributed by atoms with Gasteiger partial charge in [-0.25, -0.2) is 9.78 Å². The third-order valence-electron chi connectivity index (χ3n) is 4.17. The molecule has 0 saturated carbocycles. The summed E-state index contributed by atoms with van der Waals surface area (Å²) in [6.45, 7) is 6.07. The fourth-order valence-electron chi connectivity index (χ4n) is 3.04. The van der Waals surface area contributed by atoms with Crippen LogP contribution in [0.15, 0.2) is 12.1 Å². The molecule has 1 atom stereocenters. The van der Waals surface area contributed by atoms with Gasteiger partial charge in [0.15, 0.2) is 0 Å². The molecule has 1 fully saturated rings. The van der Waals surface area contributed by atoms with Gasteiger partial charge in [0.25, 0.3) is 0 Å². The Morgan fingerprint density at radius 3 is 2.85 bits per heavy atom. The molecule has 4 nitrogen and oxygen atoms in total. The molecule has 2 heterocycles. The maximum atomic E-state index is 11.0. The number of carbonyl (C=O) groups is 1. The molecule has 4 heteroatoms. The first-order chi connectivity index (χ1) is 9.61. The predicted molar refractivity (Wildman–Crippen MR) is 80.4 cm³/mol. The van der Waals surface area contributed by atoms with Crippen LogP contribution in [-0.2, 0) is 0 Å². The Morgan fingerprint density at radius 1 is 1.40 bits per heavy atom. The van der Waals surface area contributed by atoms with E-state index in [-0.39, 0.29) is 0 Å². The summed E-state index contributed by atoms with van der Waals surface area (Å²) in [6, 6.07) is 3.52. The Labute approximate surface area is 120 Å². The number of hydrogen-bond acceptors (Lipinski definition) is 3. The highest BCUT2D eigenvalue weighted by Crippen LogP contribution is 2.25. The summed E-state index contributed by atoms with van der Waals surface area (Å²) in [4.78, 5) is 17.8. The monoisotopic (exact) mass is 276 g/mol. The molecule has 1 aromatic heterocycles. The Kier molecular flexibility index (Phi) is 4.99. The van der Waals surface area contributed by atoms with Crippen LogP contribution in [0.25, 0.3) is 0 Å². The Bertz CT molecular complexity index is 474. The lowest BCUT2D eigenvalue weighted by Crippen LogP contribution is -2.25. The first-order valence-electron chi connectivity index (χ1n) is 7.57. The van der Waals surface area contributed by atoms with E-state index in [1.54, 1.807) is 13.0 Å². The summed E-state index contributed by atoms with van der Waals surface area (Å²) in [5.41, 5.74) is 0.900. The van der Waals surface area contributed by atoms with Crippen LogP contribution in [0, 0.1) is 12.8 Å². The number of pyridine rings is 1. The largest absolute Gasteiger partial charge is 0.478 e. The van der Waals surface area contributed by atoms with Crippen molar-refractivity contribution in [2.75, 3.05) is 18.0 Å². The minimum absolute atomic E-state index is 0.299. The van der Waals surface area contributed by atoms with Gasteiger partial charge in [-0.3, -0.25) is 0 Å². The zero-order chi connectivity index (χ0) is 14.5. The third kappa shape index (κ3) is 3.50. The van der Waals surface area contributed by atoms with Gasteiger partial charge in [-0.2, -0.15) is 0 Å². The highest BCUT2D eigenvalue weighted by molar-refractivity contribution is 5.89. The van der Waals surface area contributed by atoms with Crippen molar-refractivity contribution < 1.29 is 9.90 Å². The van der Waals surface area contributed by atoms with E-state index in [1.807, 2.05) is 6.07 Å². The van der Waals surface area contributed by atoms with Gasteiger partial charge in [-0.1, -0.05) is 19.8 Å². The first kappa shape index (κ1) is 14.8. The van der Waals surface area contributed by atoms with Gasteiger partial charge >= 0.3 is 5.97 Å². The molecular weight excluding hydrogens is 252 g/mol. The second kappa shape index (κ2) is 6.73. The number of carboxylic acid groups (broad SMARTS) is 1. The Balaban J connectivity index is 2.08. The number of anilines is 1. The number of aromatic carboxylic acids is 1. The lowest BCUT2D eigenvalue weighted by molar-refractivity contribution is 0.0695. The standard InChI is InChI=1S/C16H24N2O2/c1-3-5-13-6-4-10-18(11-9-13)15-8-7-14(16(19)20)12(2)17-15/h7-8,13H,3-6,9-11H2,1-2H3,(H,19,20). The van der Waals surface area contributed by atoms with Crippen molar-refractivity contribution in [3.63, 3.8) is 0 Å². The number of aromatic nitrogens is 1. The number of aryl methyl sites for hydroxylation is 1. The molecule has 110 valence electrons. The smallest absolute Gasteiger partial charge is 0.337 e. The summed E-state index contributed by atoms with van der Waals surface area (Å²) in [7, 11) is 0. The van der Waals surface area contributed by atoms with Gasteiger partial charge in [-0.15, -0.1) is 0 Å². The van der Waals surface area contributed by atoms with Crippen molar-refractivity contribution in [2.45, 2.75) is 46.0 Å². The van der Waals surface area contributed by atoms with Crippen LogP contribution in [0.5, 0.6) is 0 Å². The molecule has 0 spiro atoms. The minimum Gasteiger partial charge on any atom is -0.478 e. The number of nitrogens with zero attached hydrogens (tertiary/aromatic N) is 2. The molecule has 1 aromatic rings. The highest BCUT2D eigenvalue weighted by Gasteiger charge is 2.18. The van der Waals surface area contributed by atoms with E-state index < -0.39 is 5.97 Å². The maximum absolute atomic E-state index is 11.0. The van der Waals surface area contributed by atoms with E-state index in [9.17, 15) is 4.79 Å². The van der Waals surface area contributed by atoms with Crippen molar-refractivity contribution >= 4 is 11.8 Å². The van der Waals surface area contributed by atoms with Gasteiger partial charge < -0.3 is 10.0 Å². The molecule has 0 aromatic carbocycles. The van der Waals surface area contributed by atoms with E-state index in [0.717, 1.165) is 24.8 Å². The second-order valence-electron chi connectivity index (χ2n) is 5.68. The fourth-order valence-corrected chi connectivity index (χ4v) is 3.04. The molecule has 0 amide bonds. The summed E-state index contributed by atoms with van der Waals surface area (Å²) >= 11 is 0. The molecule has 20 heavy (non-hydrogen) atoms. The van der Waals surface area contributed by atoms with Crippen LogP contribution < -0.4 is 4.90 Å². The average molecular weight is 276 g/mol. The van der Waals surface area contributed by atoms with Gasteiger partial charge in [0, 0.05) is 13.1 Å². The van der Waals surface area contributed by atoms with Crippen LogP contribution in [0.3, 0.4) is 0 Å². The van der Waals surface area contributed by atoms with Crippen LogP contribution >= 0.6 is 0 Å². The van der Waals surface area contributed by atoms with E-state index in [0.29, 0.717) is 11.3 Å². The van der Waals surface area contributed by atoms with Crippen molar-refractivity contribution in [3.8, 4) is 0 Å². The van der Waals surface area contributed by atoms with Crippen LogP contribution in [-0.4, -0.2) is 29.1 Å². The molecule has 1 aliphatic rings. The summed E-state index contributed by atoms with van der Waals surface area (Å²) in [5.74, 6) is 0.856. The van der Waals surface area contributed by atoms with E-state index >= 15 is 0 Å². The van der Waals surface area contributed by atoms with Crippen molar-refractivity contribution in [3.05, 3.63) is 23.4 Å². The van der Waals surface area contributed by atoms with Crippen molar-refractivity contribution in [2.24, 2.45) is 5.92 Å². The lowest BCUT2D eigenvalue weighted by Gasteiger charge is -2.22. The zero-order valence-electron chi connectivity index (χ0n) is 12.4. The molecule has 1 N–H and O–H groups in total. The van der Waals surface area contributed by atoms with Gasteiger partial charge in [0.05, 0.1) is 11.3 Å². The van der Waals surface area contributed by atoms with Crippen molar-refractivity contribution in [1.82, 2.24) is 4.98 Å². The molecule has 1 unspecified atom stereocenters. The van der Waals surface area contributed by atoms with E-state index in [4.69, 9.17) is 5.11 Å². The lowest BCUT2D eigenvalue weighted by atomic mass is 9.96. The molecule has 0 aliphatic carbocycles. The number of rotatable bonds is 4. The van der Waals surface area contributed by atoms with Crippen molar-refractivity contribution in [1.29, 1.82) is 0 Å². The Morgan fingerprint density at radius 2 is 2.20 bits per heavy atom. The molecule has 2 rings (SSSR count). The quantitative estimate of drug-likeness (QED) is 0.914. The molecule has 0 radical (unpaired) electrons. The van der Waals surface area contributed by atoms with Gasteiger partial charge in [0.1, 0.15) is 5.82 Å². The summed E-state index contributed by atoms with van der Waals surface area (Å²) in [5, 5.41) is 9.05. The maximum Gasteiger partial charge on any atom is 0.337 e.